The Bertz CT molecular complexity index is 586. The van der Waals surface area contributed by atoms with E-state index >= 15 is 0 Å². The van der Waals surface area contributed by atoms with Gasteiger partial charge in [-0.05, 0) is 40.2 Å². The predicted molar refractivity (Wildman–Crippen MR) is 104 cm³/mol. The third kappa shape index (κ3) is 5.03. The minimum absolute atomic E-state index is 0.0700. The summed E-state index contributed by atoms with van der Waals surface area (Å²) in [6.07, 6.45) is 2.02. The number of nitrogens with zero attached hydrogens (tertiary/aromatic N) is 3. The van der Waals surface area contributed by atoms with Crippen LogP contribution in [0.1, 0.15) is 50.4 Å². The Kier molecular flexibility index (Phi) is 7.03. The van der Waals surface area contributed by atoms with Crippen LogP contribution in [0.25, 0.3) is 0 Å². The first-order valence-corrected chi connectivity index (χ1v) is 10.7. The molecule has 3 rings (SSSR count). The van der Waals surface area contributed by atoms with Gasteiger partial charge in [0.2, 0.25) is 5.91 Å². The van der Waals surface area contributed by atoms with Crippen LogP contribution in [0, 0.1) is 5.92 Å². The fraction of sp³-hybridized carbons (Fsp3) is 0.789. The summed E-state index contributed by atoms with van der Waals surface area (Å²) >= 11 is 1.68. The van der Waals surface area contributed by atoms with Gasteiger partial charge < -0.3 is 15.0 Å². The molecule has 3 atom stereocenters. The first kappa shape index (κ1) is 19.7. The molecule has 3 heterocycles. The third-order valence-electron chi connectivity index (χ3n) is 5.38. The van der Waals surface area contributed by atoms with Crippen molar-refractivity contribution in [3.63, 3.8) is 0 Å². The predicted octanol–water partition coefficient (Wildman–Crippen LogP) is 2.27. The molecule has 146 valence electrons. The molecule has 2 saturated heterocycles. The van der Waals surface area contributed by atoms with Crippen molar-refractivity contribution in [3.05, 3.63) is 16.1 Å². The monoisotopic (exact) mass is 380 g/mol. The lowest BCUT2D eigenvalue weighted by Gasteiger charge is -2.37. The summed E-state index contributed by atoms with van der Waals surface area (Å²) in [6, 6.07) is 0.455. The van der Waals surface area contributed by atoms with Gasteiger partial charge in [0.05, 0.1) is 5.69 Å². The quantitative estimate of drug-likeness (QED) is 0.820. The van der Waals surface area contributed by atoms with Gasteiger partial charge in [-0.25, -0.2) is 4.98 Å². The van der Waals surface area contributed by atoms with Gasteiger partial charge in [-0.3, -0.25) is 9.69 Å². The molecule has 0 bridgehead atoms. The molecule has 0 aromatic carbocycles. The average Bonchev–Trinajstić information content (AvgIpc) is 3.11. The average molecular weight is 381 g/mol. The molecular formula is C19H32N4O2S. The lowest BCUT2D eigenvalue weighted by Crippen LogP contribution is -2.51. The maximum Gasteiger partial charge on any atom is 0.225 e. The number of hydrogen-bond donors (Lipinski definition) is 1. The Morgan fingerprint density at radius 2 is 2.19 bits per heavy atom. The van der Waals surface area contributed by atoms with Gasteiger partial charge in [0, 0.05) is 56.7 Å². The summed E-state index contributed by atoms with van der Waals surface area (Å²) in [7, 11) is 0. The van der Waals surface area contributed by atoms with E-state index in [1.54, 1.807) is 11.3 Å². The number of rotatable bonds is 6. The fourth-order valence-corrected chi connectivity index (χ4v) is 4.69. The summed E-state index contributed by atoms with van der Waals surface area (Å²) in [4.78, 5) is 22.0. The van der Waals surface area contributed by atoms with Gasteiger partial charge in [0.15, 0.2) is 0 Å². The molecule has 0 aliphatic carbocycles. The lowest BCUT2D eigenvalue weighted by atomic mass is 9.92. The van der Waals surface area contributed by atoms with E-state index in [9.17, 15) is 4.79 Å². The van der Waals surface area contributed by atoms with Crippen molar-refractivity contribution in [1.29, 1.82) is 0 Å². The highest BCUT2D eigenvalue weighted by atomic mass is 32.1. The minimum atomic E-state index is 0.0700. The van der Waals surface area contributed by atoms with E-state index in [2.05, 4.69) is 34.3 Å². The molecule has 1 aromatic heterocycles. The lowest BCUT2D eigenvalue weighted by molar-refractivity contribution is -0.138. The Hall–Kier alpha value is -1.02. The molecule has 1 unspecified atom stereocenters. The van der Waals surface area contributed by atoms with Crippen LogP contribution in [-0.4, -0.2) is 66.1 Å². The van der Waals surface area contributed by atoms with Crippen molar-refractivity contribution in [3.8, 4) is 0 Å². The van der Waals surface area contributed by atoms with Crippen LogP contribution < -0.4 is 5.32 Å². The maximum atomic E-state index is 12.8. The van der Waals surface area contributed by atoms with Crippen molar-refractivity contribution in [2.45, 2.75) is 52.3 Å². The number of aromatic nitrogens is 1. The Morgan fingerprint density at radius 3 is 2.88 bits per heavy atom. The van der Waals surface area contributed by atoms with Crippen LogP contribution in [0.4, 0.5) is 0 Å². The summed E-state index contributed by atoms with van der Waals surface area (Å²) in [5.74, 6) is 0.568. The van der Waals surface area contributed by atoms with Crippen molar-refractivity contribution in [1.82, 2.24) is 20.1 Å². The molecule has 26 heavy (non-hydrogen) atoms. The van der Waals surface area contributed by atoms with E-state index in [1.807, 2.05) is 6.92 Å². The van der Waals surface area contributed by atoms with Crippen molar-refractivity contribution in [2.24, 2.45) is 5.92 Å². The van der Waals surface area contributed by atoms with E-state index in [0.717, 1.165) is 62.8 Å². The second kappa shape index (κ2) is 9.26. The summed E-state index contributed by atoms with van der Waals surface area (Å²) in [5, 5.41) is 6.62. The summed E-state index contributed by atoms with van der Waals surface area (Å²) in [6.45, 7) is 12.3. The van der Waals surface area contributed by atoms with Crippen LogP contribution in [-0.2, 0) is 16.1 Å². The zero-order valence-electron chi connectivity index (χ0n) is 16.2. The summed E-state index contributed by atoms with van der Waals surface area (Å²) in [5.41, 5.74) is 1.11. The number of thiazole rings is 1. The number of carbonyl (C=O) groups is 1. The van der Waals surface area contributed by atoms with Crippen molar-refractivity contribution < 1.29 is 9.53 Å². The molecule has 0 radical (unpaired) electrons. The van der Waals surface area contributed by atoms with Gasteiger partial charge >= 0.3 is 0 Å². The van der Waals surface area contributed by atoms with Crippen LogP contribution >= 0.6 is 11.3 Å². The third-order valence-corrected chi connectivity index (χ3v) is 6.43. The van der Waals surface area contributed by atoms with Crippen LogP contribution in [0.15, 0.2) is 5.38 Å². The highest BCUT2D eigenvalue weighted by molar-refractivity contribution is 7.09. The van der Waals surface area contributed by atoms with Gasteiger partial charge in [0.1, 0.15) is 11.1 Å². The number of carbonyl (C=O) groups excluding carboxylic acids is 1. The van der Waals surface area contributed by atoms with Gasteiger partial charge in [-0.2, -0.15) is 0 Å². The number of piperazine rings is 1. The van der Waals surface area contributed by atoms with Gasteiger partial charge in [0.25, 0.3) is 0 Å². The molecular weight excluding hydrogens is 348 g/mol. The van der Waals surface area contributed by atoms with Crippen LogP contribution in [0.3, 0.4) is 0 Å². The number of ether oxygens (including phenoxy) is 1. The van der Waals surface area contributed by atoms with E-state index in [0.29, 0.717) is 18.6 Å². The van der Waals surface area contributed by atoms with E-state index in [1.165, 1.54) is 0 Å². The second-order valence-electron chi connectivity index (χ2n) is 7.45. The van der Waals surface area contributed by atoms with Crippen molar-refractivity contribution in [2.75, 3.05) is 39.3 Å². The zero-order chi connectivity index (χ0) is 18.5. The Morgan fingerprint density at radius 1 is 1.42 bits per heavy atom. The number of amides is 1. The molecule has 7 heteroatoms. The van der Waals surface area contributed by atoms with Crippen LogP contribution in [0.2, 0.25) is 0 Å². The molecule has 2 aliphatic heterocycles. The molecule has 0 spiro atoms. The van der Waals surface area contributed by atoms with Gasteiger partial charge in [-0.15, -0.1) is 11.3 Å². The second-order valence-corrected chi connectivity index (χ2v) is 8.34. The number of piperidine rings is 1. The number of nitrogens with one attached hydrogen (secondary N) is 1. The van der Waals surface area contributed by atoms with E-state index < -0.39 is 0 Å². The first-order chi connectivity index (χ1) is 12.6. The largest absolute Gasteiger partial charge is 0.372 e. The molecule has 1 N–H and O–H groups in total. The molecule has 6 nitrogen and oxygen atoms in total. The van der Waals surface area contributed by atoms with Crippen molar-refractivity contribution >= 4 is 17.2 Å². The smallest absolute Gasteiger partial charge is 0.225 e. The highest BCUT2D eigenvalue weighted by Gasteiger charge is 2.30. The standard InChI is InChI=1S/C19H32N4O2S/c1-4-25-15(3)18-21-17(13-26-18)12-22-7-9-23(10-8-22)19(24)16-5-6-20-14(2)11-16/h13-16,20H,4-12H2,1-3H3/t14-,15?,16-/m0/s1. The molecule has 0 saturated carbocycles. The van der Waals surface area contributed by atoms with E-state index in [-0.39, 0.29) is 12.0 Å². The minimum Gasteiger partial charge on any atom is -0.372 e. The SMILES string of the molecule is CCOC(C)c1nc(CN2CCN(C(=O)[C@H]3CCN[C@@H](C)C3)CC2)cs1. The highest BCUT2D eigenvalue weighted by Crippen LogP contribution is 2.23. The van der Waals surface area contributed by atoms with Gasteiger partial charge in [-0.1, -0.05) is 0 Å². The molecule has 1 aromatic rings. The molecule has 2 aliphatic rings. The van der Waals surface area contributed by atoms with Crippen LogP contribution in [0.5, 0.6) is 0 Å². The summed E-state index contributed by atoms with van der Waals surface area (Å²) < 4.78 is 5.62. The zero-order valence-corrected chi connectivity index (χ0v) is 17.1. The normalized spacial score (nSPS) is 26.0. The number of hydrogen-bond acceptors (Lipinski definition) is 6. The molecule has 1 amide bonds. The Balaban J connectivity index is 1.46. The maximum absolute atomic E-state index is 12.8. The molecule has 2 fully saturated rings. The first-order valence-electron chi connectivity index (χ1n) is 9.87. The topological polar surface area (TPSA) is 57.7 Å². The fourth-order valence-electron chi connectivity index (χ4n) is 3.87. The Labute approximate surface area is 160 Å². The van der Waals surface area contributed by atoms with E-state index in [4.69, 9.17) is 9.72 Å².